The molecule has 0 saturated carbocycles. The van der Waals surface area contributed by atoms with Crippen molar-refractivity contribution in [2.24, 2.45) is 5.92 Å². The van der Waals surface area contributed by atoms with E-state index in [1.807, 2.05) is 4.90 Å². The molecular formula is C14H23N3O3. The average Bonchev–Trinajstić information content (AvgIpc) is 2.82. The maximum atomic E-state index is 11.9. The van der Waals surface area contributed by atoms with Gasteiger partial charge in [-0.3, -0.25) is 4.79 Å². The zero-order chi connectivity index (χ0) is 14.5. The predicted molar refractivity (Wildman–Crippen MR) is 72.9 cm³/mol. The van der Waals surface area contributed by atoms with Crippen molar-refractivity contribution < 1.29 is 14.1 Å². The first-order chi connectivity index (χ1) is 9.54. The highest BCUT2D eigenvalue weighted by Gasteiger charge is 2.23. The van der Waals surface area contributed by atoms with E-state index in [2.05, 4.69) is 24.0 Å². The van der Waals surface area contributed by atoms with Crippen LogP contribution in [0.5, 0.6) is 0 Å². The molecule has 1 amide bonds. The van der Waals surface area contributed by atoms with Crippen molar-refractivity contribution in [3.8, 4) is 0 Å². The van der Waals surface area contributed by atoms with Crippen LogP contribution in [0, 0.1) is 12.8 Å². The number of hydrogen-bond acceptors (Lipinski definition) is 5. The van der Waals surface area contributed by atoms with Crippen molar-refractivity contribution in [1.82, 2.24) is 15.0 Å². The summed E-state index contributed by atoms with van der Waals surface area (Å²) in [5.74, 6) is 1.81. The van der Waals surface area contributed by atoms with Gasteiger partial charge in [0.1, 0.15) is 6.61 Å². The van der Waals surface area contributed by atoms with Crippen molar-refractivity contribution in [2.45, 2.75) is 52.7 Å². The Labute approximate surface area is 119 Å². The minimum Gasteiger partial charge on any atom is -0.368 e. The molecule has 0 aliphatic carbocycles. The van der Waals surface area contributed by atoms with Gasteiger partial charge in [-0.25, -0.2) is 0 Å². The molecule has 1 aliphatic rings. The summed E-state index contributed by atoms with van der Waals surface area (Å²) in [6, 6.07) is 0. The molecule has 1 aromatic heterocycles. The number of likely N-dealkylation sites (tertiary alicyclic amines) is 1. The van der Waals surface area contributed by atoms with E-state index >= 15 is 0 Å². The van der Waals surface area contributed by atoms with Gasteiger partial charge in [0.05, 0.1) is 6.10 Å². The molecule has 1 fully saturated rings. The number of aryl methyl sites for hydroxylation is 1. The molecular weight excluding hydrogens is 258 g/mol. The number of aromatic nitrogens is 2. The first kappa shape index (κ1) is 15.0. The molecule has 6 heteroatoms. The number of nitrogens with zero attached hydrogens (tertiary/aromatic N) is 3. The van der Waals surface area contributed by atoms with E-state index in [-0.39, 0.29) is 12.0 Å². The van der Waals surface area contributed by atoms with Crippen LogP contribution in [0.3, 0.4) is 0 Å². The smallest absolute Gasteiger partial charge is 0.252 e. The Kier molecular flexibility index (Phi) is 5.11. The van der Waals surface area contributed by atoms with E-state index in [9.17, 15) is 4.79 Å². The normalized spacial score (nSPS) is 16.9. The second-order valence-electron chi connectivity index (χ2n) is 5.72. The van der Waals surface area contributed by atoms with Gasteiger partial charge in [-0.1, -0.05) is 19.0 Å². The van der Waals surface area contributed by atoms with E-state index in [4.69, 9.17) is 9.26 Å². The maximum absolute atomic E-state index is 11.9. The third-order valence-corrected chi connectivity index (χ3v) is 3.39. The van der Waals surface area contributed by atoms with Crippen molar-refractivity contribution in [3.05, 3.63) is 11.7 Å². The van der Waals surface area contributed by atoms with E-state index in [1.165, 1.54) is 0 Å². The summed E-state index contributed by atoms with van der Waals surface area (Å²) in [5, 5.41) is 3.72. The molecule has 0 aromatic carbocycles. The number of ether oxygens (including phenoxy) is 1. The molecule has 6 nitrogen and oxygen atoms in total. The lowest BCUT2D eigenvalue weighted by atomic mass is 10.1. The maximum Gasteiger partial charge on any atom is 0.252 e. The number of carbonyl (C=O) groups is 1. The van der Waals surface area contributed by atoms with Gasteiger partial charge in [-0.05, 0) is 25.7 Å². The van der Waals surface area contributed by atoms with Crippen LogP contribution in [0.25, 0.3) is 0 Å². The van der Waals surface area contributed by atoms with Crippen LogP contribution >= 0.6 is 0 Å². The number of piperidine rings is 1. The van der Waals surface area contributed by atoms with Gasteiger partial charge in [-0.15, -0.1) is 0 Å². The highest BCUT2D eigenvalue weighted by Crippen LogP contribution is 2.17. The summed E-state index contributed by atoms with van der Waals surface area (Å²) >= 11 is 0. The molecule has 0 radical (unpaired) electrons. The van der Waals surface area contributed by atoms with Crippen LogP contribution in [-0.2, 0) is 16.1 Å². The summed E-state index contributed by atoms with van der Waals surface area (Å²) < 4.78 is 10.8. The zero-order valence-electron chi connectivity index (χ0n) is 12.5. The van der Waals surface area contributed by atoms with Crippen LogP contribution in [0.4, 0.5) is 0 Å². The number of carbonyl (C=O) groups excluding carboxylic acids is 1. The Morgan fingerprint density at radius 2 is 2.15 bits per heavy atom. The third-order valence-electron chi connectivity index (χ3n) is 3.39. The molecule has 0 atom stereocenters. The Hall–Kier alpha value is -1.43. The lowest BCUT2D eigenvalue weighted by Crippen LogP contribution is -2.41. The Bertz CT molecular complexity index is 437. The van der Waals surface area contributed by atoms with Gasteiger partial charge in [0.15, 0.2) is 5.82 Å². The Morgan fingerprint density at radius 1 is 1.45 bits per heavy atom. The quantitative estimate of drug-likeness (QED) is 0.825. The van der Waals surface area contributed by atoms with Crippen LogP contribution in [0.2, 0.25) is 0 Å². The lowest BCUT2D eigenvalue weighted by molar-refractivity contribution is -0.134. The molecule has 1 saturated heterocycles. The minimum absolute atomic E-state index is 0.172. The Morgan fingerprint density at radius 3 is 2.70 bits per heavy atom. The van der Waals surface area contributed by atoms with Crippen LogP contribution in [0.1, 0.15) is 44.8 Å². The van der Waals surface area contributed by atoms with Gasteiger partial charge >= 0.3 is 0 Å². The zero-order valence-corrected chi connectivity index (χ0v) is 12.5. The number of amides is 1. The predicted octanol–water partition coefficient (Wildman–Crippen LogP) is 1.93. The van der Waals surface area contributed by atoms with Crippen molar-refractivity contribution in [2.75, 3.05) is 13.1 Å². The van der Waals surface area contributed by atoms with Gasteiger partial charge in [0, 0.05) is 19.5 Å². The molecule has 1 aliphatic heterocycles. The van der Waals surface area contributed by atoms with E-state index < -0.39 is 0 Å². The SMILES string of the molecule is Cc1noc(COC2CCN(C(=O)CC(C)C)CC2)n1. The van der Waals surface area contributed by atoms with Gasteiger partial charge in [-0.2, -0.15) is 4.98 Å². The van der Waals surface area contributed by atoms with Gasteiger partial charge in [0.2, 0.25) is 5.91 Å². The summed E-state index contributed by atoms with van der Waals surface area (Å²) in [6.45, 7) is 7.83. The van der Waals surface area contributed by atoms with Crippen molar-refractivity contribution in [1.29, 1.82) is 0 Å². The fourth-order valence-electron chi connectivity index (χ4n) is 2.34. The molecule has 0 N–H and O–H groups in total. The standard InChI is InChI=1S/C14H23N3O3/c1-10(2)8-14(18)17-6-4-12(5-7-17)19-9-13-15-11(3)16-20-13/h10,12H,4-9H2,1-3H3. The average molecular weight is 281 g/mol. The lowest BCUT2D eigenvalue weighted by Gasteiger charge is -2.32. The first-order valence-corrected chi connectivity index (χ1v) is 7.23. The molecule has 2 rings (SSSR count). The van der Waals surface area contributed by atoms with E-state index in [1.54, 1.807) is 6.92 Å². The summed E-state index contributed by atoms with van der Waals surface area (Å²) in [7, 11) is 0. The molecule has 0 bridgehead atoms. The van der Waals surface area contributed by atoms with Crippen molar-refractivity contribution in [3.63, 3.8) is 0 Å². The third kappa shape index (κ3) is 4.30. The second kappa shape index (κ2) is 6.83. The number of rotatable bonds is 5. The van der Waals surface area contributed by atoms with Gasteiger partial charge < -0.3 is 14.2 Å². The monoisotopic (exact) mass is 281 g/mol. The van der Waals surface area contributed by atoms with Crippen LogP contribution in [-0.4, -0.2) is 40.1 Å². The second-order valence-corrected chi connectivity index (χ2v) is 5.72. The van der Waals surface area contributed by atoms with Crippen molar-refractivity contribution >= 4 is 5.91 Å². The van der Waals surface area contributed by atoms with E-state index in [0.29, 0.717) is 30.7 Å². The highest BCUT2D eigenvalue weighted by atomic mass is 16.5. The largest absolute Gasteiger partial charge is 0.368 e. The molecule has 20 heavy (non-hydrogen) atoms. The summed E-state index contributed by atoms with van der Waals surface area (Å²) in [5.41, 5.74) is 0. The fraction of sp³-hybridized carbons (Fsp3) is 0.786. The molecule has 112 valence electrons. The summed E-state index contributed by atoms with van der Waals surface area (Å²) in [4.78, 5) is 18.0. The summed E-state index contributed by atoms with van der Waals surface area (Å²) in [6.07, 6.45) is 2.55. The molecule has 0 unspecified atom stereocenters. The van der Waals surface area contributed by atoms with Gasteiger partial charge in [0.25, 0.3) is 5.89 Å². The van der Waals surface area contributed by atoms with Crippen LogP contribution < -0.4 is 0 Å². The first-order valence-electron chi connectivity index (χ1n) is 7.23. The van der Waals surface area contributed by atoms with E-state index in [0.717, 1.165) is 25.9 Å². The molecule has 1 aromatic rings. The Balaban J connectivity index is 1.70. The highest BCUT2D eigenvalue weighted by molar-refractivity contribution is 5.76. The minimum atomic E-state index is 0.172. The number of hydrogen-bond donors (Lipinski definition) is 0. The van der Waals surface area contributed by atoms with Crippen LogP contribution in [0.15, 0.2) is 4.52 Å². The topological polar surface area (TPSA) is 68.5 Å². The fourth-order valence-corrected chi connectivity index (χ4v) is 2.34. The molecule has 0 spiro atoms. The molecule has 2 heterocycles.